The molecule has 1 amide bonds. The molecule has 1 fully saturated rings. The zero-order valence-electron chi connectivity index (χ0n) is 11.3. The van der Waals surface area contributed by atoms with Crippen LogP contribution in [0.15, 0.2) is 18.3 Å². The fourth-order valence-electron chi connectivity index (χ4n) is 2.43. The van der Waals surface area contributed by atoms with E-state index in [0.29, 0.717) is 18.0 Å². The van der Waals surface area contributed by atoms with Gasteiger partial charge in [0.2, 0.25) is 5.91 Å². The van der Waals surface area contributed by atoms with Crippen LogP contribution in [0.2, 0.25) is 0 Å². The minimum absolute atomic E-state index is 0. The summed E-state index contributed by atoms with van der Waals surface area (Å²) in [7, 11) is 0. The first-order valence-corrected chi connectivity index (χ1v) is 6.67. The second-order valence-electron chi connectivity index (χ2n) is 5.02. The fraction of sp³-hybridized carbons (Fsp3) is 0.571. The zero-order chi connectivity index (χ0) is 13.0. The van der Waals surface area contributed by atoms with Gasteiger partial charge in [-0.15, -0.1) is 12.4 Å². The minimum Gasteiger partial charge on any atom is -0.397 e. The van der Waals surface area contributed by atoms with Crippen molar-refractivity contribution in [1.29, 1.82) is 0 Å². The van der Waals surface area contributed by atoms with Gasteiger partial charge >= 0.3 is 0 Å². The van der Waals surface area contributed by atoms with Crippen molar-refractivity contribution in [3.8, 4) is 0 Å². The summed E-state index contributed by atoms with van der Waals surface area (Å²) < 4.78 is 0. The van der Waals surface area contributed by atoms with Gasteiger partial charge in [0.25, 0.3) is 0 Å². The number of hydrogen-bond donors (Lipinski definition) is 1. The summed E-state index contributed by atoms with van der Waals surface area (Å²) in [5.74, 6) is 0.854. The molecule has 106 valence electrons. The molecule has 1 aromatic rings. The lowest BCUT2D eigenvalue weighted by Crippen LogP contribution is -2.40. The minimum atomic E-state index is 0. The molecule has 2 N–H and O–H groups in total. The van der Waals surface area contributed by atoms with Crippen LogP contribution in [-0.2, 0) is 11.2 Å². The van der Waals surface area contributed by atoms with Gasteiger partial charge in [-0.25, -0.2) is 0 Å². The summed E-state index contributed by atoms with van der Waals surface area (Å²) in [5, 5.41) is 0. The largest absolute Gasteiger partial charge is 0.397 e. The molecular weight excluding hydrogens is 262 g/mol. The molecule has 0 radical (unpaired) electrons. The number of amides is 1. The van der Waals surface area contributed by atoms with Crippen LogP contribution < -0.4 is 5.73 Å². The molecular formula is C14H22ClN3O. The van der Waals surface area contributed by atoms with Gasteiger partial charge in [0, 0.05) is 18.8 Å². The lowest BCUT2D eigenvalue weighted by Gasteiger charge is -2.32. The van der Waals surface area contributed by atoms with Gasteiger partial charge in [0.05, 0.1) is 18.3 Å². The Bertz CT molecular complexity index is 408. The van der Waals surface area contributed by atoms with Crippen LogP contribution >= 0.6 is 12.4 Å². The second kappa shape index (κ2) is 7.34. The highest BCUT2D eigenvalue weighted by atomic mass is 35.5. The Balaban J connectivity index is 0.00000180. The molecule has 1 aliphatic rings. The highest BCUT2D eigenvalue weighted by Crippen LogP contribution is 2.19. The van der Waals surface area contributed by atoms with E-state index in [1.807, 2.05) is 11.0 Å². The molecule has 2 heterocycles. The summed E-state index contributed by atoms with van der Waals surface area (Å²) in [6.45, 7) is 3.99. The van der Waals surface area contributed by atoms with Crippen LogP contribution in [0, 0.1) is 5.92 Å². The smallest absolute Gasteiger partial charge is 0.228 e. The predicted octanol–water partition coefficient (Wildman–Crippen LogP) is 2.28. The van der Waals surface area contributed by atoms with Crippen LogP contribution in [-0.4, -0.2) is 28.9 Å². The summed E-state index contributed by atoms with van der Waals surface area (Å²) in [4.78, 5) is 18.3. The van der Waals surface area contributed by atoms with Crippen LogP contribution in [0.1, 0.15) is 31.9 Å². The Morgan fingerprint density at radius 1 is 1.53 bits per heavy atom. The number of nitrogen functional groups attached to an aromatic ring is 1. The average molecular weight is 284 g/mol. The van der Waals surface area contributed by atoms with Gasteiger partial charge < -0.3 is 10.6 Å². The van der Waals surface area contributed by atoms with Crippen LogP contribution in [0.25, 0.3) is 0 Å². The second-order valence-corrected chi connectivity index (χ2v) is 5.02. The van der Waals surface area contributed by atoms with Gasteiger partial charge in [-0.2, -0.15) is 0 Å². The molecule has 5 heteroatoms. The topological polar surface area (TPSA) is 59.2 Å². The molecule has 1 aliphatic heterocycles. The Labute approximate surface area is 120 Å². The quantitative estimate of drug-likeness (QED) is 0.926. The Morgan fingerprint density at radius 2 is 2.32 bits per heavy atom. The molecule has 1 aromatic heterocycles. The first kappa shape index (κ1) is 15.8. The number of rotatable bonds is 3. The molecule has 1 saturated heterocycles. The zero-order valence-corrected chi connectivity index (χ0v) is 12.2. The van der Waals surface area contributed by atoms with E-state index in [1.54, 1.807) is 12.3 Å². The Hall–Kier alpha value is -1.29. The summed E-state index contributed by atoms with van der Waals surface area (Å²) in [6, 6.07) is 3.62. The van der Waals surface area contributed by atoms with Crippen molar-refractivity contribution in [3.63, 3.8) is 0 Å². The monoisotopic (exact) mass is 283 g/mol. The molecule has 0 aromatic carbocycles. The fourth-order valence-corrected chi connectivity index (χ4v) is 2.43. The molecule has 19 heavy (non-hydrogen) atoms. The molecule has 1 atom stereocenters. The number of carbonyl (C=O) groups is 1. The molecule has 0 spiro atoms. The number of piperidine rings is 1. The van der Waals surface area contributed by atoms with Gasteiger partial charge in [-0.3, -0.25) is 9.78 Å². The van der Waals surface area contributed by atoms with E-state index in [1.165, 1.54) is 6.42 Å². The Kier molecular flexibility index (Phi) is 6.09. The lowest BCUT2D eigenvalue weighted by molar-refractivity contribution is -0.132. The molecule has 1 unspecified atom stereocenters. The van der Waals surface area contributed by atoms with Crippen LogP contribution in [0.3, 0.4) is 0 Å². The van der Waals surface area contributed by atoms with Crippen LogP contribution in [0.5, 0.6) is 0 Å². The van der Waals surface area contributed by atoms with Crippen molar-refractivity contribution in [2.45, 2.75) is 32.6 Å². The van der Waals surface area contributed by atoms with Gasteiger partial charge in [-0.1, -0.05) is 13.3 Å². The maximum atomic E-state index is 12.2. The summed E-state index contributed by atoms with van der Waals surface area (Å²) in [5.41, 5.74) is 7.01. The number of hydrogen-bond acceptors (Lipinski definition) is 3. The van der Waals surface area contributed by atoms with E-state index in [2.05, 4.69) is 11.9 Å². The van der Waals surface area contributed by atoms with Crippen molar-refractivity contribution in [2.24, 2.45) is 5.92 Å². The number of halogens is 1. The third kappa shape index (κ3) is 4.39. The van der Waals surface area contributed by atoms with Crippen molar-refractivity contribution in [3.05, 3.63) is 24.0 Å². The van der Waals surface area contributed by atoms with Crippen molar-refractivity contribution < 1.29 is 4.79 Å². The standard InChI is InChI=1S/C14H21N3O.ClH/c1-2-11-4-3-7-17(10-11)14(18)8-13-6-5-12(15)9-16-13;/h5-6,9,11H,2-4,7-8,10,15H2,1H3;1H. The van der Waals surface area contributed by atoms with Crippen molar-refractivity contribution in [2.75, 3.05) is 18.8 Å². The van der Waals surface area contributed by atoms with E-state index in [-0.39, 0.29) is 18.3 Å². The average Bonchev–Trinajstić information content (AvgIpc) is 2.41. The number of carbonyl (C=O) groups excluding carboxylic acids is 1. The first-order valence-electron chi connectivity index (χ1n) is 6.67. The maximum absolute atomic E-state index is 12.2. The maximum Gasteiger partial charge on any atom is 0.228 e. The molecule has 4 nitrogen and oxygen atoms in total. The summed E-state index contributed by atoms with van der Waals surface area (Å²) >= 11 is 0. The number of anilines is 1. The van der Waals surface area contributed by atoms with Crippen molar-refractivity contribution in [1.82, 2.24) is 9.88 Å². The number of aromatic nitrogens is 1. The highest BCUT2D eigenvalue weighted by molar-refractivity contribution is 5.85. The van der Waals surface area contributed by atoms with Gasteiger partial charge in [-0.05, 0) is 30.9 Å². The number of nitrogens with two attached hydrogens (primary N) is 1. The number of likely N-dealkylation sites (tertiary alicyclic amines) is 1. The van der Waals surface area contributed by atoms with Gasteiger partial charge in [0.1, 0.15) is 0 Å². The molecule has 2 rings (SSSR count). The van der Waals surface area contributed by atoms with E-state index < -0.39 is 0 Å². The third-order valence-electron chi connectivity index (χ3n) is 3.63. The highest BCUT2D eigenvalue weighted by Gasteiger charge is 2.22. The van der Waals surface area contributed by atoms with E-state index >= 15 is 0 Å². The van der Waals surface area contributed by atoms with Gasteiger partial charge in [0.15, 0.2) is 0 Å². The van der Waals surface area contributed by atoms with E-state index in [0.717, 1.165) is 31.6 Å². The number of nitrogens with zero attached hydrogens (tertiary/aromatic N) is 2. The Morgan fingerprint density at radius 3 is 2.95 bits per heavy atom. The normalized spacial score (nSPS) is 18.8. The lowest BCUT2D eigenvalue weighted by atomic mass is 9.95. The first-order chi connectivity index (χ1) is 8.69. The molecule has 0 saturated carbocycles. The SMILES string of the molecule is CCC1CCCN(C(=O)Cc2ccc(N)cn2)C1.Cl. The van der Waals surface area contributed by atoms with E-state index in [4.69, 9.17) is 5.73 Å². The number of pyridine rings is 1. The summed E-state index contributed by atoms with van der Waals surface area (Å²) in [6.07, 6.45) is 5.52. The third-order valence-corrected chi connectivity index (χ3v) is 3.63. The predicted molar refractivity (Wildman–Crippen MR) is 79.2 cm³/mol. The van der Waals surface area contributed by atoms with Crippen LogP contribution in [0.4, 0.5) is 5.69 Å². The molecule has 0 bridgehead atoms. The van der Waals surface area contributed by atoms with E-state index in [9.17, 15) is 4.79 Å². The molecule has 0 aliphatic carbocycles. The van der Waals surface area contributed by atoms with Crippen molar-refractivity contribution >= 4 is 24.0 Å².